The number of hydrogen-bond donors (Lipinski definition) is 0. The van der Waals surface area contributed by atoms with Crippen LogP contribution in [0.4, 0.5) is 0 Å². The second-order valence-electron chi connectivity index (χ2n) is 7.25. The van der Waals surface area contributed by atoms with Crippen molar-refractivity contribution >= 4 is 0 Å². The van der Waals surface area contributed by atoms with Gasteiger partial charge in [-0.2, -0.15) is 0 Å². The highest BCUT2D eigenvalue weighted by Gasteiger charge is 2.31. The fraction of sp³-hybridized carbons (Fsp3) is 0.722. The normalized spacial score (nSPS) is 24.5. The molecule has 2 aromatic rings. The molecule has 0 amide bonds. The van der Waals surface area contributed by atoms with E-state index in [1.807, 2.05) is 19.1 Å². The summed E-state index contributed by atoms with van der Waals surface area (Å²) >= 11 is 0. The van der Waals surface area contributed by atoms with Crippen LogP contribution in [0.15, 0.2) is 16.5 Å². The van der Waals surface area contributed by atoms with Gasteiger partial charge in [-0.3, -0.25) is 4.90 Å². The predicted molar refractivity (Wildman–Crippen MR) is 92.1 cm³/mol. The van der Waals surface area contributed by atoms with Crippen LogP contribution < -0.4 is 0 Å². The third-order valence-electron chi connectivity index (χ3n) is 5.54. The number of tetrazole rings is 1. The summed E-state index contributed by atoms with van der Waals surface area (Å²) in [5.74, 6) is 2.80. The van der Waals surface area contributed by atoms with E-state index in [9.17, 15) is 0 Å². The molecule has 4 rings (SSSR count). The number of morpholine rings is 1. The van der Waals surface area contributed by atoms with E-state index in [0.717, 1.165) is 30.4 Å². The van der Waals surface area contributed by atoms with Gasteiger partial charge in [0.25, 0.3) is 0 Å². The van der Waals surface area contributed by atoms with E-state index < -0.39 is 0 Å². The molecule has 0 aromatic carbocycles. The van der Waals surface area contributed by atoms with Gasteiger partial charge < -0.3 is 9.15 Å². The zero-order valence-electron chi connectivity index (χ0n) is 15.1. The molecular formula is C18H27N5O2. The van der Waals surface area contributed by atoms with Crippen molar-refractivity contribution in [3.05, 3.63) is 29.5 Å². The Kier molecular flexibility index (Phi) is 4.85. The summed E-state index contributed by atoms with van der Waals surface area (Å²) < 4.78 is 13.8. The SMILES string of the molecule is Cc1ccc([C@H]2CN([C@H](C)c3nnnn3C3CCCCC3)CCO2)o1. The molecule has 3 heterocycles. The molecule has 1 saturated heterocycles. The lowest BCUT2D eigenvalue weighted by Crippen LogP contribution is -2.40. The first-order chi connectivity index (χ1) is 12.2. The highest BCUT2D eigenvalue weighted by molar-refractivity contribution is 5.09. The zero-order chi connectivity index (χ0) is 17.2. The van der Waals surface area contributed by atoms with Crippen molar-refractivity contribution in [2.24, 2.45) is 0 Å². The van der Waals surface area contributed by atoms with Gasteiger partial charge in [-0.15, -0.1) is 5.10 Å². The first-order valence-corrected chi connectivity index (χ1v) is 9.42. The lowest BCUT2D eigenvalue weighted by atomic mass is 9.95. The van der Waals surface area contributed by atoms with E-state index in [1.165, 1.54) is 32.1 Å². The quantitative estimate of drug-likeness (QED) is 0.847. The molecule has 2 fully saturated rings. The molecule has 0 bridgehead atoms. The Morgan fingerprint density at radius 3 is 2.80 bits per heavy atom. The Hall–Kier alpha value is -1.73. The Morgan fingerprint density at radius 2 is 2.04 bits per heavy atom. The van der Waals surface area contributed by atoms with Gasteiger partial charge in [0, 0.05) is 13.1 Å². The van der Waals surface area contributed by atoms with Crippen molar-refractivity contribution < 1.29 is 9.15 Å². The second-order valence-corrected chi connectivity index (χ2v) is 7.25. The summed E-state index contributed by atoms with van der Waals surface area (Å²) in [7, 11) is 0. The van der Waals surface area contributed by atoms with E-state index in [0.29, 0.717) is 12.6 Å². The largest absolute Gasteiger partial charge is 0.464 e. The minimum atomic E-state index is -0.0242. The summed E-state index contributed by atoms with van der Waals surface area (Å²) in [6.07, 6.45) is 6.22. The van der Waals surface area contributed by atoms with Crippen LogP contribution in [0.5, 0.6) is 0 Å². The van der Waals surface area contributed by atoms with Crippen molar-refractivity contribution in [2.75, 3.05) is 19.7 Å². The van der Waals surface area contributed by atoms with Gasteiger partial charge in [-0.1, -0.05) is 19.3 Å². The topological polar surface area (TPSA) is 69.2 Å². The van der Waals surface area contributed by atoms with E-state index in [-0.39, 0.29) is 12.1 Å². The molecule has 2 atom stereocenters. The Morgan fingerprint density at radius 1 is 1.20 bits per heavy atom. The summed E-state index contributed by atoms with van der Waals surface area (Å²) in [5.41, 5.74) is 0. The van der Waals surface area contributed by atoms with E-state index >= 15 is 0 Å². The summed E-state index contributed by atoms with van der Waals surface area (Å²) in [6, 6.07) is 4.62. The van der Waals surface area contributed by atoms with Crippen LogP contribution in [0, 0.1) is 6.92 Å². The van der Waals surface area contributed by atoms with Crippen LogP contribution in [-0.2, 0) is 4.74 Å². The molecule has 2 aromatic heterocycles. The first kappa shape index (κ1) is 16.7. The molecule has 7 heteroatoms. The van der Waals surface area contributed by atoms with Crippen LogP contribution in [0.2, 0.25) is 0 Å². The second kappa shape index (κ2) is 7.25. The third kappa shape index (κ3) is 3.48. The average molecular weight is 345 g/mol. The highest BCUT2D eigenvalue weighted by Crippen LogP contribution is 2.32. The van der Waals surface area contributed by atoms with Crippen LogP contribution in [-0.4, -0.2) is 44.8 Å². The van der Waals surface area contributed by atoms with Crippen molar-refractivity contribution in [3.63, 3.8) is 0 Å². The summed E-state index contributed by atoms with van der Waals surface area (Å²) in [6.45, 7) is 6.53. The Balaban J connectivity index is 1.49. The van der Waals surface area contributed by atoms with Crippen molar-refractivity contribution in [3.8, 4) is 0 Å². The number of aromatic nitrogens is 4. The minimum Gasteiger partial charge on any atom is -0.464 e. The van der Waals surface area contributed by atoms with Crippen molar-refractivity contribution in [1.29, 1.82) is 0 Å². The van der Waals surface area contributed by atoms with Gasteiger partial charge in [0.05, 0.1) is 18.7 Å². The molecule has 1 aliphatic heterocycles. The van der Waals surface area contributed by atoms with Gasteiger partial charge in [-0.25, -0.2) is 4.68 Å². The van der Waals surface area contributed by atoms with Crippen LogP contribution in [0.25, 0.3) is 0 Å². The maximum absolute atomic E-state index is 5.93. The first-order valence-electron chi connectivity index (χ1n) is 9.42. The lowest BCUT2D eigenvalue weighted by molar-refractivity contribution is -0.0542. The fourth-order valence-corrected chi connectivity index (χ4v) is 4.04. The van der Waals surface area contributed by atoms with Crippen molar-refractivity contribution in [2.45, 2.75) is 64.1 Å². The number of rotatable bonds is 4. The van der Waals surface area contributed by atoms with Gasteiger partial charge >= 0.3 is 0 Å². The summed E-state index contributed by atoms with van der Waals surface area (Å²) in [4.78, 5) is 2.40. The molecule has 0 spiro atoms. The number of hydrogen-bond acceptors (Lipinski definition) is 6. The molecular weight excluding hydrogens is 318 g/mol. The molecule has 1 saturated carbocycles. The van der Waals surface area contributed by atoms with E-state index in [1.54, 1.807) is 0 Å². The predicted octanol–water partition coefficient (Wildman–Crippen LogP) is 3.21. The Bertz CT molecular complexity index is 691. The van der Waals surface area contributed by atoms with Gasteiger partial charge in [0.1, 0.15) is 17.6 Å². The number of aryl methyl sites for hydroxylation is 1. The molecule has 25 heavy (non-hydrogen) atoms. The fourth-order valence-electron chi connectivity index (χ4n) is 4.04. The van der Waals surface area contributed by atoms with Crippen LogP contribution in [0.1, 0.15) is 74.6 Å². The monoisotopic (exact) mass is 345 g/mol. The van der Waals surface area contributed by atoms with E-state index in [2.05, 4.69) is 32.0 Å². The molecule has 0 N–H and O–H groups in total. The Labute approximate surface area is 148 Å². The van der Waals surface area contributed by atoms with Gasteiger partial charge in [0.15, 0.2) is 5.82 Å². The summed E-state index contributed by atoms with van der Waals surface area (Å²) in [5, 5.41) is 12.7. The third-order valence-corrected chi connectivity index (χ3v) is 5.54. The van der Waals surface area contributed by atoms with Crippen molar-refractivity contribution in [1.82, 2.24) is 25.1 Å². The molecule has 136 valence electrons. The number of nitrogens with zero attached hydrogens (tertiary/aromatic N) is 5. The molecule has 7 nitrogen and oxygen atoms in total. The van der Waals surface area contributed by atoms with E-state index in [4.69, 9.17) is 9.15 Å². The van der Waals surface area contributed by atoms with Gasteiger partial charge in [0.2, 0.25) is 0 Å². The molecule has 2 aliphatic rings. The number of ether oxygens (including phenoxy) is 1. The van der Waals surface area contributed by atoms with Crippen LogP contribution in [0.3, 0.4) is 0 Å². The highest BCUT2D eigenvalue weighted by atomic mass is 16.5. The zero-order valence-corrected chi connectivity index (χ0v) is 15.1. The molecule has 0 unspecified atom stereocenters. The van der Waals surface area contributed by atoms with Crippen LogP contribution >= 0.6 is 0 Å². The molecule has 1 aliphatic carbocycles. The lowest BCUT2D eigenvalue weighted by Gasteiger charge is -2.36. The minimum absolute atomic E-state index is 0.0242. The maximum atomic E-state index is 5.93. The van der Waals surface area contributed by atoms with Gasteiger partial charge in [-0.05, 0) is 49.2 Å². The standard InChI is InChI=1S/C18H27N5O2/c1-13-8-9-16(25-13)17-12-22(10-11-24-17)14(2)18-19-20-21-23(18)15-6-4-3-5-7-15/h8-9,14-15,17H,3-7,10-12H2,1-2H3/t14-,17-/m1/s1. The average Bonchev–Trinajstić information content (AvgIpc) is 3.31. The maximum Gasteiger partial charge on any atom is 0.168 e. The molecule has 0 radical (unpaired) electrons. The number of furan rings is 1. The smallest absolute Gasteiger partial charge is 0.168 e.